The standard InChI is InChI=1S/C11H19N3O/c1-9-10(2)15-11(13-9)8-14-6-3-4-12-5-7-14/h12H,3-8H2,1-2H3. The average molecular weight is 209 g/mol. The normalized spacial score (nSPS) is 19.1. The van der Waals surface area contributed by atoms with Gasteiger partial charge in [0, 0.05) is 13.1 Å². The number of oxazole rings is 1. The molecule has 84 valence electrons. The van der Waals surface area contributed by atoms with Gasteiger partial charge in [-0.05, 0) is 33.4 Å². The Morgan fingerprint density at radius 2 is 2.20 bits per heavy atom. The van der Waals surface area contributed by atoms with E-state index in [1.54, 1.807) is 0 Å². The van der Waals surface area contributed by atoms with Crippen molar-refractivity contribution in [3.05, 3.63) is 17.3 Å². The molecule has 1 aliphatic rings. The minimum Gasteiger partial charge on any atom is -0.444 e. The van der Waals surface area contributed by atoms with Crippen molar-refractivity contribution in [1.82, 2.24) is 15.2 Å². The zero-order chi connectivity index (χ0) is 10.7. The molecule has 1 N–H and O–H groups in total. The predicted octanol–water partition coefficient (Wildman–Crippen LogP) is 1.09. The van der Waals surface area contributed by atoms with E-state index in [1.807, 2.05) is 13.8 Å². The van der Waals surface area contributed by atoms with Gasteiger partial charge in [-0.15, -0.1) is 0 Å². The maximum absolute atomic E-state index is 5.58. The van der Waals surface area contributed by atoms with Crippen molar-refractivity contribution >= 4 is 0 Å². The molecule has 0 bridgehead atoms. The summed E-state index contributed by atoms with van der Waals surface area (Å²) >= 11 is 0. The van der Waals surface area contributed by atoms with Crippen LogP contribution in [0.15, 0.2) is 4.42 Å². The smallest absolute Gasteiger partial charge is 0.208 e. The predicted molar refractivity (Wildman–Crippen MR) is 58.7 cm³/mol. The van der Waals surface area contributed by atoms with E-state index in [0.717, 1.165) is 50.1 Å². The van der Waals surface area contributed by atoms with Crippen LogP contribution in [0.25, 0.3) is 0 Å². The molecule has 1 saturated heterocycles. The summed E-state index contributed by atoms with van der Waals surface area (Å²) in [6.07, 6.45) is 1.21. The second-order valence-electron chi connectivity index (χ2n) is 4.13. The van der Waals surface area contributed by atoms with Crippen LogP contribution in [-0.2, 0) is 6.54 Å². The monoisotopic (exact) mass is 209 g/mol. The van der Waals surface area contributed by atoms with Crippen molar-refractivity contribution in [2.75, 3.05) is 26.2 Å². The summed E-state index contributed by atoms with van der Waals surface area (Å²) in [5, 5.41) is 3.39. The maximum Gasteiger partial charge on any atom is 0.208 e. The van der Waals surface area contributed by atoms with Crippen molar-refractivity contribution in [3.63, 3.8) is 0 Å². The summed E-state index contributed by atoms with van der Waals surface area (Å²) in [6.45, 7) is 9.21. The van der Waals surface area contributed by atoms with Gasteiger partial charge < -0.3 is 9.73 Å². The molecule has 0 spiro atoms. The highest BCUT2D eigenvalue weighted by atomic mass is 16.4. The van der Waals surface area contributed by atoms with Gasteiger partial charge in [0.05, 0.1) is 12.2 Å². The van der Waals surface area contributed by atoms with Crippen molar-refractivity contribution in [2.45, 2.75) is 26.8 Å². The minimum absolute atomic E-state index is 0.844. The Morgan fingerprint density at radius 3 is 2.93 bits per heavy atom. The Morgan fingerprint density at radius 1 is 1.33 bits per heavy atom. The van der Waals surface area contributed by atoms with Gasteiger partial charge in [0.1, 0.15) is 5.76 Å². The van der Waals surface area contributed by atoms with Crippen molar-refractivity contribution < 1.29 is 4.42 Å². The number of aryl methyl sites for hydroxylation is 2. The largest absolute Gasteiger partial charge is 0.444 e. The van der Waals surface area contributed by atoms with Gasteiger partial charge in [-0.3, -0.25) is 4.90 Å². The van der Waals surface area contributed by atoms with Gasteiger partial charge in [-0.25, -0.2) is 4.98 Å². The van der Waals surface area contributed by atoms with Crippen LogP contribution >= 0.6 is 0 Å². The molecule has 4 heteroatoms. The Balaban J connectivity index is 1.95. The lowest BCUT2D eigenvalue weighted by molar-refractivity contribution is 0.252. The molecular weight excluding hydrogens is 190 g/mol. The highest BCUT2D eigenvalue weighted by molar-refractivity contribution is 5.05. The molecule has 15 heavy (non-hydrogen) atoms. The van der Waals surface area contributed by atoms with Crippen molar-refractivity contribution in [3.8, 4) is 0 Å². The third-order valence-corrected chi connectivity index (χ3v) is 2.86. The van der Waals surface area contributed by atoms with E-state index in [2.05, 4.69) is 15.2 Å². The Bertz CT molecular complexity index is 294. The van der Waals surface area contributed by atoms with Crippen LogP contribution in [0, 0.1) is 13.8 Å². The van der Waals surface area contributed by atoms with E-state index >= 15 is 0 Å². The van der Waals surface area contributed by atoms with E-state index in [4.69, 9.17) is 4.42 Å². The number of hydrogen-bond acceptors (Lipinski definition) is 4. The van der Waals surface area contributed by atoms with Crippen LogP contribution in [0.4, 0.5) is 0 Å². The number of hydrogen-bond donors (Lipinski definition) is 1. The molecule has 0 aliphatic carbocycles. The van der Waals surface area contributed by atoms with E-state index in [-0.39, 0.29) is 0 Å². The van der Waals surface area contributed by atoms with Gasteiger partial charge in [0.15, 0.2) is 0 Å². The van der Waals surface area contributed by atoms with Gasteiger partial charge >= 0.3 is 0 Å². The maximum atomic E-state index is 5.58. The molecule has 0 aromatic carbocycles. The summed E-state index contributed by atoms with van der Waals surface area (Å²) in [5.74, 6) is 1.80. The number of rotatable bonds is 2. The number of nitrogens with one attached hydrogen (secondary N) is 1. The Labute approximate surface area is 90.7 Å². The molecule has 1 fully saturated rings. The number of aromatic nitrogens is 1. The molecular formula is C11H19N3O. The van der Waals surface area contributed by atoms with Crippen molar-refractivity contribution in [2.24, 2.45) is 0 Å². The molecule has 2 rings (SSSR count). The van der Waals surface area contributed by atoms with Crippen LogP contribution in [0.1, 0.15) is 23.8 Å². The lowest BCUT2D eigenvalue weighted by Gasteiger charge is -2.16. The highest BCUT2D eigenvalue weighted by Crippen LogP contribution is 2.11. The van der Waals surface area contributed by atoms with Gasteiger partial charge in [-0.1, -0.05) is 0 Å². The summed E-state index contributed by atoms with van der Waals surface area (Å²) in [7, 11) is 0. The second kappa shape index (κ2) is 4.77. The summed E-state index contributed by atoms with van der Waals surface area (Å²) in [5.41, 5.74) is 1.01. The van der Waals surface area contributed by atoms with Gasteiger partial charge in [0.2, 0.25) is 5.89 Å². The third-order valence-electron chi connectivity index (χ3n) is 2.86. The van der Waals surface area contributed by atoms with Crippen LogP contribution in [-0.4, -0.2) is 36.1 Å². The Hall–Kier alpha value is -0.870. The fraction of sp³-hybridized carbons (Fsp3) is 0.727. The first kappa shape index (κ1) is 10.6. The fourth-order valence-electron chi connectivity index (χ4n) is 1.86. The van der Waals surface area contributed by atoms with E-state index in [9.17, 15) is 0 Å². The molecule has 1 aliphatic heterocycles. The first-order chi connectivity index (χ1) is 7.25. The molecule has 1 aromatic heterocycles. The first-order valence-corrected chi connectivity index (χ1v) is 5.61. The molecule has 0 amide bonds. The molecule has 1 aromatic rings. The molecule has 0 atom stereocenters. The first-order valence-electron chi connectivity index (χ1n) is 5.61. The lowest BCUT2D eigenvalue weighted by atomic mass is 10.4. The summed E-state index contributed by atoms with van der Waals surface area (Å²) in [4.78, 5) is 6.80. The Kier molecular flexibility index (Phi) is 3.38. The van der Waals surface area contributed by atoms with Crippen LogP contribution in [0.5, 0.6) is 0 Å². The molecule has 0 saturated carbocycles. The SMILES string of the molecule is Cc1nc(CN2CCCNCC2)oc1C. The van der Waals surface area contributed by atoms with Crippen LogP contribution in [0.2, 0.25) is 0 Å². The number of nitrogens with zero attached hydrogens (tertiary/aromatic N) is 2. The third kappa shape index (κ3) is 2.79. The fourth-order valence-corrected chi connectivity index (χ4v) is 1.86. The van der Waals surface area contributed by atoms with Crippen LogP contribution < -0.4 is 5.32 Å². The minimum atomic E-state index is 0.844. The zero-order valence-corrected chi connectivity index (χ0v) is 9.55. The summed E-state index contributed by atoms with van der Waals surface area (Å²) < 4.78 is 5.58. The van der Waals surface area contributed by atoms with E-state index in [0.29, 0.717) is 0 Å². The van der Waals surface area contributed by atoms with Gasteiger partial charge in [-0.2, -0.15) is 0 Å². The van der Waals surface area contributed by atoms with E-state index < -0.39 is 0 Å². The molecule has 0 unspecified atom stereocenters. The van der Waals surface area contributed by atoms with Gasteiger partial charge in [0.25, 0.3) is 0 Å². The molecule has 2 heterocycles. The lowest BCUT2D eigenvalue weighted by Crippen LogP contribution is -2.27. The average Bonchev–Trinajstić information content (AvgIpc) is 2.45. The topological polar surface area (TPSA) is 41.3 Å². The molecule has 4 nitrogen and oxygen atoms in total. The van der Waals surface area contributed by atoms with E-state index in [1.165, 1.54) is 6.42 Å². The quantitative estimate of drug-likeness (QED) is 0.791. The summed E-state index contributed by atoms with van der Waals surface area (Å²) in [6, 6.07) is 0. The second-order valence-corrected chi connectivity index (χ2v) is 4.13. The van der Waals surface area contributed by atoms with Crippen LogP contribution in [0.3, 0.4) is 0 Å². The molecule has 0 radical (unpaired) electrons. The van der Waals surface area contributed by atoms with Crippen molar-refractivity contribution in [1.29, 1.82) is 0 Å². The zero-order valence-electron chi connectivity index (χ0n) is 9.55. The highest BCUT2D eigenvalue weighted by Gasteiger charge is 2.12.